The second-order valence-electron chi connectivity index (χ2n) is 8.39. The number of alkyl halides is 3. The lowest BCUT2D eigenvalue weighted by Crippen LogP contribution is -2.40. The van der Waals surface area contributed by atoms with Crippen LogP contribution in [0.1, 0.15) is 41.6 Å². The molecule has 1 amide bonds. The third-order valence-corrected chi connectivity index (χ3v) is 6.27. The second kappa shape index (κ2) is 10.9. The molecule has 1 aliphatic rings. The highest BCUT2D eigenvalue weighted by Gasteiger charge is 2.42. The first-order valence-electron chi connectivity index (χ1n) is 10.7. The van der Waals surface area contributed by atoms with E-state index in [1.54, 1.807) is 11.1 Å². The zero-order valence-electron chi connectivity index (χ0n) is 19.2. The molecule has 0 atom stereocenters. The van der Waals surface area contributed by atoms with Gasteiger partial charge in [-0.15, -0.1) is 0 Å². The summed E-state index contributed by atoms with van der Waals surface area (Å²) >= 11 is 11.8. The number of aryl methyl sites for hydroxylation is 1. The summed E-state index contributed by atoms with van der Waals surface area (Å²) in [6.07, 6.45) is -0.830. The van der Waals surface area contributed by atoms with E-state index in [-0.39, 0.29) is 22.7 Å². The maximum atomic E-state index is 12.8. The van der Waals surface area contributed by atoms with E-state index in [4.69, 9.17) is 23.2 Å². The van der Waals surface area contributed by atoms with Crippen LogP contribution in [0.15, 0.2) is 18.3 Å². The number of ether oxygens (including phenoxy) is 1. The van der Waals surface area contributed by atoms with Gasteiger partial charge in [-0.3, -0.25) is 4.79 Å². The minimum absolute atomic E-state index is 0.125. The Balaban J connectivity index is 1.64. The van der Waals surface area contributed by atoms with Crippen LogP contribution in [0.2, 0.25) is 10.0 Å². The van der Waals surface area contributed by atoms with Gasteiger partial charge in [0.1, 0.15) is 10.8 Å². The Kier molecular flexibility index (Phi) is 8.32. The second-order valence-corrected chi connectivity index (χ2v) is 9.17. The van der Waals surface area contributed by atoms with Crippen molar-refractivity contribution in [3.8, 4) is 5.75 Å². The third kappa shape index (κ3) is 6.66. The molecule has 1 heterocycles. The Morgan fingerprint density at radius 2 is 1.74 bits per heavy atom. The fourth-order valence-electron chi connectivity index (χ4n) is 3.59. The van der Waals surface area contributed by atoms with Crippen molar-refractivity contribution in [3.63, 3.8) is 0 Å². The lowest BCUT2D eigenvalue weighted by Gasteiger charge is -2.30. The minimum atomic E-state index is -5.26. The number of esters is 1. The van der Waals surface area contributed by atoms with Gasteiger partial charge < -0.3 is 20.3 Å². The van der Waals surface area contributed by atoms with Crippen LogP contribution in [0.3, 0.4) is 0 Å². The SMILES string of the molecule is Cc1cnc(N(C)C)nc1NC1CCC(NC(=O)c2ccc(Cl)c(Cl)c2OC(=O)C(F)(F)F)CC1. The fourth-order valence-corrected chi connectivity index (χ4v) is 3.95. The molecule has 1 aromatic heterocycles. The maximum absolute atomic E-state index is 12.8. The molecule has 0 spiro atoms. The van der Waals surface area contributed by atoms with Gasteiger partial charge in [0.15, 0.2) is 5.75 Å². The predicted octanol–water partition coefficient (Wildman–Crippen LogP) is 4.78. The molecule has 1 fully saturated rings. The van der Waals surface area contributed by atoms with Crippen molar-refractivity contribution in [2.24, 2.45) is 0 Å². The molecule has 0 saturated heterocycles. The van der Waals surface area contributed by atoms with Crippen LogP contribution in [-0.4, -0.2) is 54.2 Å². The van der Waals surface area contributed by atoms with Gasteiger partial charge in [0, 0.05) is 37.9 Å². The lowest BCUT2D eigenvalue weighted by molar-refractivity contribution is -0.189. The Labute approximate surface area is 210 Å². The lowest BCUT2D eigenvalue weighted by atomic mass is 9.91. The van der Waals surface area contributed by atoms with Crippen molar-refractivity contribution in [3.05, 3.63) is 39.5 Å². The monoisotopic (exact) mass is 533 g/mol. The number of aromatic nitrogens is 2. The quantitative estimate of drug-likeness (QED) is 0.407. The van der Waals surface area contributed by atoms with E-state index in [1.165, 1.54) is 6.07 Å². The number of hydrogen-bond donors (Lipinski definition) is 2. The molecule has 13 heteroatoms. The summed E-state index contributed by atoms with van der Waals surface area (Å²) in [6.45, 7) is 1.91. The van der Waals surface area contributed by atoms with Crippen LogP contribution in [-0.2, 0) is 4.79 Å². The summed E-state index contributed by atoms with van der Waals surface area (Å²) in [5.41, 5.74) is 0.594. The summed E-state index contributed by atoms with van der Waals surface area (Å²) in [5, 5.41) is 5.59. The highest BCUT2D eigenvalue weighted by atomic mass is 35.5. The van der Waals surface area contributed by atoms with Gasteiger partial charge in [-0.2, -0.15) is 18.2 Å². The molecule has 1 aliphatic carbocycles. The van der Waals surface area contributed by atoms with Crippen LogP contribution < -0.4 is 20.3 Å². The van der Waals surface area contributed by atoms with Crippen LogP contribution in [0.25, 0.3) is 0 Å². The highest BCUT2D eigenvalue weighted by Crippen LogP contribution is 2.37. The molecule has 0 unspecified atom stereocenters. The van der Waals surface area contributed by atoms with Gasteiger partial charge in [-0.05, 0) is 44.7 Å². The number of carbonyl (C=O) groups is 2. The van der Waals surface area contributed by atoms with Gasteiger partial charge in [0.25, 0.3) is 5.91 Å². The average Bonchev–Trinajstić information content (AvgIpc) is 2.78. The van der Waals surface area contributed by atoms with Gasteiger partial charge >= 0.3 is 12.1 Å². The Morgan fingerprint density at radius 3 is 2.34 bits per heavy atom. The smallest absolute Gasteiger partial charge is 0.417 e. The molecule has 1 saturated carbocycles. The molecule has 2 aromatic rings. The molecule has 0 radical (unpaired) electrons. The number of rotatable bonds is 6. The van der Waals surface area contributed by atoms with Crippen molar-refractivity contribution >= 4 is 46.8 Å². The number of nitrogens with one attached hydrogen (secondary N) is 2. The molecular weight excluding hydrogens is 510 g/mol. The first-order chi connectivity index (χ1) is 16.4. The molecule has 0 bridgehead atoms. The summed E-state index contributed by atoms with van der Waals surface area (Å²) in [6, 6.07) is 2.30. The number of nitrogens with zero attached hydrogens (tertiary/aromatic N) is 3. The van der Waals surface area contributed by atoms with Crippen LogP contribution in [0.4, 0.5) is 24.9 Å². The maximum Gasteiger partial charge on any atom is 0.491 e. The molecule has 1 aromatic carbocycles. The Bertz CT molecular complexity index is 1110. The van der Waals surface area contributed by atoms with Gasteiger partial charge in [-0.1, -0.05) is 23.2 Å². The van der Waals surface area contributed by atoms with E-state index in [0.29, 0.717) is 18.8 Å². The fraction of sp³-hybridized carbons (Fsp3) is 0.455. The number of benzene rings is 1. The zero-order valence-corrected chi connectivity index (χ0v) is 20.7. The van der Waals surface area contributed by atoms with E-state index in [9.17, 15) is 22.8 Å². The van der Waals surface area contributed by atoms with Crippen LogP contribution in [0, 0.1) is 6.92 Å². The Hall–Kier alpha value is -2.79. The molecule has 2 N–H and O–H groups in total. The number of amides is 1. The number of halogens is 5. The average molecular weight is 534 g/mol. The summed E-state index contributed by atoms with van der Waals surface area (Å²) in [4.78, 5) is 34.8. The molecule has 35 heavy (non-hydrogen) atoms. The highest BCUT2D eigenvalue weighted by molar-refractivity contribution is 6.43. The Morgan fingerprint density at radius 1 is 1.11 bits per heavy atom. The number of hydrogen-bond acceptors (Lipinski definition) is 7. The topological polar surface area (TPSA) is 96.5 Å². The van der Waals surface area contributed by atoms with E-state index in [0.717, 1.165) is 30.3 Å². The minimum Gasteiger partial charge on any atom is -0.417 e. The largest absolute Gasteiger partial charge is 0.491 e. The number of anilines is 2. The van der Waals surface area contributed by atoms with Crippen molar-refractivity contribution in [1.82, 2.24) is 15.3 Å². The normalized spacial score (nSPS) is 18.1. The first kappa shape index (κ1) is 26.8. The van der Waals surface area contributed by atoms with Crippen LogP contribution >= 0.6 is 23.2 Å². The first-order valence-corrected chi connectivity index (χ1v) is 11.5. The third-order valence-electron chi connectivity index (χ3n) is 5.48. The zero-order chi connectivity index (χ0) is 25.9. The van der Waals surface area contributed by atoms with E-state index in [2.05, 4.69) is 25.3 Å². The van der Waals surface area contributed by atoms with Gasteiger partial charge in [0.05, 0.1) is 10.6 Å². The standard InChI is InChI=1S/C22H24Cl2F3N5O3/c1-11-10-28-21(32(2)3)31-18(11)29-12-4-6-13(7-5-12)30-19(33)14-8-9-15(23)16(24)17(14)35-20(34)22(25,26)27/h8-10,12-13H,4-7H2,1-3H3,(H,30,33)(H,28,29,31). The summed E-state index contributed by atoms with van der Waals surface area (Å²) < 4.78 is 42.4. The molecule has 3 rings (SSSR count). The van der Waals surface area contributed by atoms with Gasteiger partial charge in [0.2, 0.25) is 5.95 Å². The molecule has 0 aliphatic heterocycles. The summed E-state index contributed by atoms with van der Waals surface area (Å²) in [5.74, 6) is -2.62. The van der Waals surface area contributed by atoms with Crippen molar-refractivity contribution in [1.29, 1.82) is 0 Å². The van der Waals surface area contributed by atoms with Gasteiger partial charge in [-0.25, -0.2) is 9.78 Å². The van der Waals surface area contributed by atoms with E-state index in [1.807, 2.05) is 21.0 Å². The van der Waals surface area contributed by atoms with E-state index < -0.39 is 28.8 Å². The van der Waals surface area contributed by atoms with Crippen molar-refractivity contribution in [2.45, 2.75) is 50.9 Å². The summed E-state index contributed by atoms with van der Waals surface area (Å²) in [7, 11) is 3.71. The number of carbonyl (C=O) groups excluding carboxylic acids is 2. The molecular formula is C22H24Cl2F3N5O3. The van der Waals surface area contributed by atoms with Crippen molar-refractivity contribution in [2.75, 3.05) is 24.3 Å². The van der Waals surface area contributed by atoms with Crippen LogP contribution in [0.5, 0.6) is 5.75 Å². The molecule has 190 valence electrons. The van der Waals surface area contributed by atoms with E-state index >= 15 is 0 Å². The molecule has 8 nitrogen and oxygen atoms in total. The predicted molar refractivity (Wildman–Crippen MR) is 126 cm³/mol. The van der Waals surface area contributed by atoms with Crippen molar-refractivity contribution < 1.29 is 27.5 Å².